The van der Waals surface area contributed by atoms with Gasteiger partial charge in [0.25, 0.3) is 0 Å². The summed E-state index contributed by atoms with van der Waals surface area (Å²) in [5.74, 6) is -0.102. The van der Waals surface area contributed by atoms with Gasteiger partial charge in [0.2, 0.25) is 0 Å². The van der Waals surface area contributed by atoms with Gasteiger partial charge in [-0.2, -0.15) is 0 Å². The second-order valence-electron chi connectivity index (χ2n) is 4.28. The molecule has 1 aromatic heterocycles. The van der Waals surface area contributed by atoms with E-state index in [9.17, 15) is 9.59 Å². The van der Waals surface area contributed by atoms with Crippen LogP contribution in [0.5, 0.6) is 0 Å². The van der Waals surface area contributed by atoms with Crippen LogP contribution >= 0.6 is 11.8 Å². The number of carbonyl (C=O) groups is 2. The van der Waals surface area contributed by atoms with Crippen LogP contribution in [0.3, 0.4) is 0 Å². The van der Waals surface area contributed by atoms with Gasteiger partial charge >= 0.3 is 12.0 Å². The summed E-state index contributed by atoms with van der Waals surface area (Å²) in [7, 11) is 0. The van der Waals surface area contributed by atoms with E-state index in [2.05, 4.69) is 10.3 Å². The first-order valence-corrected chi connectivity index (χ1v) is 6.99. The number of nitrogens with one attached hydrogen (secondary N) is 1. The molecule has 0 aliphatic carbocycles. The molecule has 1 atom stereocenters. The Morgan fingerprint density at radius 1 is 1.63 bits per heavy atom. The van der Waals surface area contributed by atoms with E-state index in [4.69, 9.17) is 5.11 Å². The van der Waals surface area contributed by atoms with Crippen LogP contribution in [0.1, 0.15) is 11.1 Å². The maximum Gasteiger partial charge on any atom is 0.327 e. The number of carboxylic acids is 1. The van der Waals surface area contributed by atoms with Gasteiger partial charge in [-0.1, -0.05) is 0 Å². The monoisotopic (exact) mass is 281 g/mol. The fourth-order valence-electron chi connectivity index (χ4n) is 1.82. The smallest absolute Gasteiger partial charge is 0.327 e. The number of aromatic nitrogens is 1. The zero-order chi connectivity index (χ0) is 13.8. The largest absolute Gasteiger partial charge is 0.480 e. The van der Waals surface area contributed by atoms with Gasteiger partial charge in [0.15, 0.2) is 0 Å². The van der Waals surface area contributed by atoms with Gasteiger partial charge in [-0.05, 0) is 24.1 Å². The molecule has 1 aliphatic heterocycles. The second-order valence-corrected chi connectivity index (χ2v) is 5.28. The molecule has 7 heteroatoms. The third kappa shape index (κ3) is 3.17. The topological polar surface area (TPSA) is 82.5 Å². The highest BCUT2D eigenvalue weighted by molar-refractivity contribution is 7.99. The zero-order valence-electron chi connectivity index (χ0n) is 10.5. The molecule has 2 amide bonds. The van der Waals surface area contributed by atoms with E-state index in [1.54, 1.807) is 12.4 Å². The Kier molecular flexibility index (Phi) is 4.26. The van der Waals surface area contributed by atoms with E-state index < -0.39 is 12.0 Å². The molecule has 2 rings (SSSR count). The predicted molar refractivity (Wildman–Crippen MR) is 71.8 cm³/mol. The van der Waals surface area contributed by atoms with Crippen molar-refractivity contribution in [2.45, 2.75) is 19.5 Å². The van der Waals surface area contributed by atoms with Gasteiger partial charge in [-0.3, -0.25) is 4.98 Å². The highest BCUT2D eigenvalue weighted by Gasteiger charge is 2.34. The normalized spacial score (nSPS) is 18.4. The Balaban J connectivity index is 1.95. The van der Waals surface area contributed by atoms with Crippen LogP contribution in [0, 0.1) is 6.92 Å². The summed E-state index contributed by atoms with van der Waals surface area (Å²) in [6.07, 6.45) is 3.40. The van der Waals surface area contributed by atoms with Crippen molar-refractivity contribution in [3.63, 3.8) is 0 Å². The van der Waals surface area contributed by atoms with Crippen molar-refractivity contribution in [1.29, 1.82) is 0 Å². The molecule has 1 aliphatic rings. The zero-order valence-corrected chi connectivity index (χ0v) is 11.3. The standard InChI is InChI=1S/C12H15N3O3S/c1-8-4-13-3-2-9(8)5-14-12(18)15-7-19-6-10(15)11(16)17/h2-4,10H,5-7H2,1H3,(H,14,18)(H,16,17). The maximum absolute atomic E-state index is 12.0. The fourth-order valence-corrected chi connectivity index (χ4v) is 2.97. The van der Waals surface area contributed by atoms with Crippen molar-refractivity contribution < 1.29 is 14.7 Å². The first-order valence-electron chi connectivity index (χ1n) is 5.84. The molecular formula is C12H15N3O3S. The number of amides is 2. The van der Waals surface area contributed by atoms with Gasteiger partial charge in [0.05, 0.1) is 5.88 Å². The lowest BCUT2D eigenvalue weighted by atomic mass is 10.1. The molecule has 1 saturated heterocycles. The number of urea groups is 1. The van der Waals surface area contributed by atoms with Gasteiger partial charge in [-0.15, -0.1) is 11.8 Å². The van der Waals surface area contributed by atoms with Crippen LogP contribution in [-0.2, 0) is 11.3 Å². The van der Waals surface area contributed by atoms with Crippen molar-refractivity contribution in [2.75, 3.05) is 11.6 Å². The number of aryl methyl sites for hydroxylation is 1. The maximum atomic E-state index is 12.0. The lowest BCUT2D eigenvalue weighted by molar-refractivity contribution is -0.140. The average molecular weight is 281 g/mol. The van der Waals surface area contributed by atoms with Crippen LogP contribution < -0.4 is 5.32 Å². The molecule has 19 heavy (non-hydrogen) atoms. The summed E-state index contributed by atoms with van der Waals surface area (Å²) in [5.41, 5.74) is 1.97. The summed E-state index contributed by atoms with van der Waals surface area (Å²) in [6.45, 7) is 2.29. The minimum absolute atomic E-state index is 0.339. The number of nitrogens with zero attached hydrogens (tertiary/aromatic N) is 2. The number of carboxylic acid groups (broad SMARTS) is 1. The number of carbonyl (C=O) groups excluding carboxylic acids is 1. The molecule has 0 saturated carbocycles. The van der Waals surface area contributed by atoms with Gasteiger partial charge in [0.1, 0.15) is 6.04 Å². The molecule has 0 radical (unpaired) electrons. The lowest BCUT2D eigenvalue weighted by Crippen LogP contribution is -2.46. The molecule has 0 spiro atoms. The number of rotatable bonds is 3. The number of hydrogen-bond acceptors (Lipinski definition) is 4. The molecule has 1 fully saturated rings. The molecule has 102 valence electrons. The third-order valence-electron chi connectivity index (χ3n) is 2.99. The Bertz CT molecular complexity index is 495. The second kappa shape index (κ2) is 5.92. The van der Waals surface area contributed by atoms with Crippen molar-refractivity contribution >= 4 is 23.8 Å². The fraction of sp³-hybridized carbons (Fsp3) is 0.417. The average Bonchev–Trinajstić information content (AvgIpc) is 2.87. The Labute approximate surface area is 115 Å². The number of pyridine rings is 1. The van der Waals surface area contributed by atoms with Gasteiger partial charge in [0, 0.05) is 24.7 Å². The first kappa shape index (κ1) is 13.7. The highest BCUT2D eigenvalue weighted by atomic mass is 32.2. The van der Waals surface area contributed by atoms with Crippen LogP contribution in [-0.4, -0.2) is 44.7 Å². The van der Waals surface area contributed by atoms with E-state index >= 15 is 0 Å². The minimum atomic E-state index is -0.958. The molecular weight excluding hydrogens is 266 g/mol. The number of aliphatic carboxylic acids is 1. The summed E-state index contributed by atoms with van der Waals surface area (Å²) in [5, 5.41) is 11.8. The van der Waals surface area contributed by atoms with Crippen molar-refractivity contribution in [2.24, 2.45) is 0 Å². The Morgan fingerprint density at radius 3 is 3.11 bits per heavy atom. The van der Waals surface area contributed by atoms with Crippen LogP contribution in [0.25, 0.3) is 0 Å². The third-order valence-corrected chi connectivity index (χ3v) is 4.01. The van der Waals surface area contributed by atoms with Crippen molar-refractivity contribution in [1.82, 2.24) is 15.2 Å². The molecule has 2 heterocycles. The number of thioether (sulfide) groups is 1. The molecule has 0 aromatic carbocycles. The van der Waals surface area contributed by atoms with E-state index in [-0.39, 0.29) is 6.03 Å². The van der Waals surface area contributed by atoms with E-state index in [0.29, 0.717) is 18.2 Å². The van der Waals surface area contributed by atoms with Crippen molar-refractivity contribution in [3.05, 3.63) is 29.6 Å². The summed E-state index contributed by atoms with van der Waals surface area (Å²) < 4.78 is 0. The molecule has 2 N–H and O–H groups in total. The van der Waals surface area contributed by atoms with Crippen molar-refractivity contribution in [3.8, 4) is 0 Å². The van der Waals surface area contributed by atoms with Crippen LogP contribution in [0.4, 0.5) is 4.79 Å². The van der Waals surface area contributed by atoms with E-state index in [0.717, 1.165) is 11.1 Å². The Hall–Kier alpha value is -1.76. The molecule has 6 nitrogen and oxygen atoms in total. The minimum Gasteiger partial charge on any atom is -0.480 e. The Morgan fingerprint density at radius 2 is 2.42 bits per heavy atom. The summed E-state index contributed by atoms with van der Waals surface area (Å²) in [6, 6.07) is 0.764. The SMILES string of the molecule is Cc1cnccc1CNC(=O)N1CSCC1C(=O)O. The highest BCUT2D eigenvalue weighted by Crippen LogP contribution is 2.21. The van der Waals surface area contributed by atoms with E-state index in [1.807, 2.05) is 13.0 Å². The van der Waals surface area contributed by atoms with E-state index in [1.165, 1.54) is 16.7 Å². The predicted octanol–water partition coefficient (Wildman–Crippen LogP) is 1.06. The quantitative estimate of drug-likeness (QED) is 0.865. The molecule has 1 aromatic rings. The summed E-state index contributed by atoms with van der Waals surface area (Å²) >= 11 is 1.45. The summed E-state index contributed by atoms with van der Waals surface area (Å²) in [4.78, 5) is 28.3. The lowest BCUT2D eigenvalue weighted by Gasteiger charge is -2.21. The first-order chi connectivity index (χ1) is 9.09. The number of hydrogen-bond donors (Lipinski definition) is 2. The van der Waals surface area contributed by atoms with Crippen LogP contribution in [0.15, 0.2) is 18.5 Å². The molecule has 0 bridgehead atoms. The van der Waals surface area contributed by atoms with Gasteiger partial charge < -0.3 is 15.3 Å². The molecule has 1 unspecified atom stereocenters. The van der Waals surface area contributed by atoms with Gasteiger partial charge in [-0.25, -0.2) is 9.59 Å². The van der Waals surface area contributed by atoms with Crippen LogP contribution in [0.2, 0.25) is 0 Å².